The Morgan fingerprint density at radius 1 is 1.33 bits per heavy atom. The van der Waals surface area contributed by atoms with Gasteiger partial charge >= 0.3 is 0 Å². The van der Waals surface area contributed by atoms with E-state index in [0.29, 0.717) is 12.6 Å². The first kappa shape index (κ1) is 12.7. The van der Waals surface area contributed by atoms with E-state index in [1.165, 1.54) is 0 Å². The molecule has 0 bridgehead atoms. The summed E-state index contributed by atoms with van der Waals surface area (Å²) in [6, 6.07) is 6.11. The molecule has 1 aliphatic carbocycles. The standard InChI is InChI=1S/C14H19NO3/c1-10(16)15(12-5-6-12)9-11-4-7-13(17-2)8-14(11)18-3/h4,7-8,12H,5-6,9H2,1-3H3. The lowest BCUT2D eigenvalue weighted by atomic mass is 10.1. The number of rotatable bonds is 5. The highest BCUT2D eigenvalue weighted by Crippen LogP contribution is 2.31. The summed E-state index contributed by atoms with van der Waals surface area (Å²) in [5.74, 6) is 1.65. The maximum atomic E-state index is 11.6. The van der Waals surface area contributed by atoms with Crippen molar-refractivity contribution < 1.29 is 14.3 Å². The number of nitrogens with zero attached hydrogens (tertiary/aromatic N) is 1. The molecule has 1 amide bonds. The largest absolute Gasteiger partial charge is 0.497 e. The van der Waals surface area contributed by atoms with E-state index in [4.69, 9.17) is 9.47 Å². The van der Waals surface area contributed by atoms with Crippen LogP contribution in [0.3, 0.4) is 0 Å². The minimum atomic E-state index is 0.121. The molecule has 4 nitrogen and oxygen atoms in total. The van der Waals surface area contributed by atoms with E-state index in [2.05, 4.69) is 0 Å². The lowest BCUT2D eigenvalue weighted by Crippen LogP contribution is -2.30. The van der Waals surface area contributed by atoms with Gasteiger partial charge in [0.2, 0.25) is 5.91 Å². The average Bonchev–Trinajstić information content (AvgIpc) is 3.19. The molecule has 0 aliphatic heterocycles. The van der Waals surface area contributed by atoms with Gasteiger partial charge in [-0.3, -0.25) is 4.79 Å². The maximum absolute atomic E-state index is 11.6. The van der Waals surface area contributed by atoms with Crippen LogP contribution >= 0.6 is 0 Å². The minimum Gasteiger partial charge on any atom is -0.497 e. The van der Waals surface area contributed by atoms with Gasteiger partial charge in [-0.05, 0) is 25.0 Å². The van der Waals surface area contributed by atoms with Crippen LogP contribution in [0.15, 0.2) is 18.2 Å². The first-order chi connectivity index (χ1) is 8.65. The van der Waals surface area contributed by atoms with Crippen LogP contribution in [-0.4, -0.2) is 31.1 Å². The third-order valence-corrected chi connectivity index (χ3v) is 3.23. The van der Waals surface area contributed by atoms with Crippen LogP contribution in [0.2, 0.25) is 0 Å². The molecule has 1 aromatic rings. The number of methoxy groups -OCH3 is 2. The van der Waals surface area contributed by atoms with E-state index in [0.717, 1.165) is 29.9 Å². The Morgan fingerprint density at radius 3 is 2.56 bits per heavy atom. The molecule has 2 rings (SSSR count). The SMILES string of the molecule is COc1ccc(CN(C(C)=O)C2CC2)c(OC)c1. The first-order valence-corrected chi connectivity index (χ1v) is 6.13. The first-order valence-electron chi connectivity index (χ1n) is 6.13. The zero-order valence-corrected chi connectivity index (χ0v) is 11.1. The molecule has 0 saturated heterocycles. The molecule has 1 aromatic carbocycles. The van der Waals surface area contributed by atoms with Crippen molar-refractivity contribution in [3.63, 3.8) is 0 Å². The molecule has 0 atom stereocenters. The van der Waals surface area contributed by atoms with Gasteiger partial charge in [0.25, 0.3) is 0 Å². The lowest BCUT2D eigenvalue weighted by Gasteiger charge is -2.22. The van der Waals surface area contributed by atoms with Crippen molar-refractivity contribution in [1.82, 2.24) is 4.90 Å². The van der Waals surface area contributed by atoms with E-state index in [-0.39, 0.29) is 5.91 Å². The van der Waals surface area contributed by atoms with Crippen molar-refractivity contribution in [3.05, 3.63) is 23.8 Å². The molecule has 1 fully saturated rings. The molecule has 0 unspecified atom stereocenters. The Bertz CT molecular complexity index is 441. The fourth-order valence-corrected chi connectivity index (χ4v) is 2.05. The van der Waals surface area contributed by atoms with Crippen LogP contribution in [0.25, 0.3) is 0 Å². The number of amides is 1. The number of carbonyl (C=O) groups excluding carboxylic acids is 1. The van der Waals surface area contributed by atoms with E-state index in [1.54, 1.807) is 21.1 Å². The third kappa shape index (κ3) is 2.75. The molecule has 98 valence electrons. The quantitative estimate of drug-likeness (QED) is 0.803. The highest BCUT2D eigenvalue weighted by Gasteiger charge is 2.31. The minimum absolute atomic E-state index is 0.121. The van der Waals surface area contributed by atoms with Crippen molar-refractivity contribution in [2.45, 2.75) is 32.4 Å². The van der Waals surface area contributed by atoms with Gasteiger partial charge in [-0.1, -0.05) is 0 Å². The fraction of sp³-hybridized carbons (Fsp3) is 0.500. The van der Waals surface area contributed by atoms with Gasteiger partial charge in [-0.15, -0.1) is 0 Å². The Hall–Kier alpha value is -1.71. The summed E-state index contributed by atoms with van der Waals surface area (Å²) >= 11 is 0. The van der Waals surface area contributed by atoms with Crippen molar-refractivity contribution in [1.29, 1.82) is 0 Å². The summed E-state index contributed by atoms with van der Waals surface area (Å²) in [6.45, 7) is 2.22. The van der Waals surface area contributed by atoms with E-state index < -0.39 is 0 Å². The van der Waals surface area contributed by atoms with Gasteiger partial charge in [0.15, 0.2) is 0 Å². The van der Waals surface area contributed by atoms with Gasteiger partial charge in [-0.2, -0.15) is 0 Å². The maximum Gasteiger partial charge on any atom is 0.219 e. The summed E-state index contributed by atoms with van der Waals surface area (Å²) in [5, 5.41) is 0. The van der Waals surface area contributed by atoms with Crippen LogP contribution in [0.1, 0.15) is 25.3 Å². The molecule has 0 radical (unpaired) electrons. The number of ether oxygens (including phenoxy) is 2. The van der Waals surface area contributed by atoms with Crippen molar-refractivity contribution in [2.75, 3.05) is 14.2 Å². The predicted molar refractivity (Wildman–Crippen MR) is 68.8 cm³/mol. The number of hydrogen-bond acceptors (Lipinski definition) is 3. The molecule has 1 aliphatic rings. The van der Waals surface area contributed by atoms with Gasteiger partial charge in [-0.25, -0.2) is 0 Å². The number of hydrogen-bond donors (Lipinski definition) is 0. The molecule has 0 N–H and O–H groups in total. The molecule has 4 heteroatoms. The Balaban J connectivity index is 2.19. The van der Waals surface area contributed by atoms with Gasteiger partial charge in [0.1, 0.15) is 11.5 Å². The topological polar surface area (TPSA) is 38.8 Å². The third-order valence-electron chi connectivity index (χ3n) is 3.23. The molecule has 0 aromatic heterocycles. The summed E-state index contributed by atoms with van der Waals surface area (Å²) in [6.07, 6.45) is 2.22. The molecule has 0 heterocycles. The second kappa shape index (κ2) is 5.29. The van der Waals surface area contributed by atoms with Crippen LogP contribution in [0.5, 0.6) is 11.5 Å². The van der Waals surface area contributed by atoms with Gasteiger partial charge in [0.05, 0.1) is 14.2 Å². The summed E-state index contributed by atoms with van der Waals surface area (Å²) in [7, 11) is 3.26. The Labute approximate surface area is 107 Å². The van der Waals surface area contributed by atoms with E-state index in [1.807, 2.05) is 23.1 Å². The number of carbonyl (C=O) groups is 1. The predicted octanol–water partition coefficient (Wildman–Crippen LogP) is 2.21. The Morgan fingerprint density at radius 2 is 2.06 bits per heavy atom. The summed E-state index contributed by atoms with van der Waals surface area (Å²) < 4.78 is 10.5. The van der Waals surface area contributed by atoms with Gasteiger partial charge < -0.3 is 14.4 Å². The normalized spacial score (nSPS) is 14.2. The van der Waals surface area contributed by atoms with Gasteiger partial charge in [0, 0.05) is 31.1 Å². The molecular weight excluding hydrogens is 230 g/mol. The van der Waals surface area contributed by atoms with E-state index in [9.17, 15) is 4.79 Å². The lowest BCUT2D eigenvalue weighted by molar-refractivity contribution is -0.130. The zero-order valence-electron chi connectivity index (χ0n) is 11.1. The van der Waals surface area contributed by atoms with Crippen molar-refractivity contribution >= 4 is 5.91 Å². The smallest absolute Gasteiger partial charge is 0.219 e. The van der Waals surface area contributed by atoms with E-state index >= 15 is 0 Å². The number of benzene rings is 1. The summed E-state index contributed by atoms with van der Waals surface area (Å²) in [4.78, 5) is 13.5. The van der Waals surface area contributed by atoms with Crippen LogP contribution in [-0.2, 0) is 11.3 Å². The monoisotopic (exact) mass is 249 g/mol. The van der Waals surface area contributed by atoms with Crippen LogP contribution in [0, 0.1) is 0 Å². The van der Waals surface area contributed by atoms with Crippen LogP contribution < -0.4 is 9.47 Å². The van der Waals surface area contributed by atoms with Crippen molar-refractivity contribution in [2.24, 2.45) is 0 Å². The molecule has 18 heavy (non-hydrogen) atoms. The second-order valence-corrected chi connectivity index (χ2v) is 4.56. The zero-order chi connectivity index (χ0) is 13.1. The molecule has 0 spiro atoms. The molecule has 1 saturated carbocycles. The average molecular weight is 249 g/mol. The Kier molecular flexibility index (Phi) is 3.75. The second-order valence-electron chi connectivity index (χ2n) is 4.56. The highest BCUT2D eigenvalue weighted by molar-refractivity contribution is 5.74. The van der Waals surface area contributed by atoms with Crippen LogP contribution in [0.4, 0.5) is 0 Å². The fourth-order valence-electron chi connectivity index (χ4n) is 2.05. The highest BCUT2D eigenvalue weighted by atomic mass is 16.5. The molecular formula is C14H19NO3. The van der Waals surface area contributed by atoms with Crippen molar-refractivity contribution in [3.8, 4) is 11.5 Å². The summed E-state index contributed by atoms with van der Waals surface area (Å²) in [5.41, 5.74) is 1.01.